The molecule has 1 aliphatic rings. The number of phosphoric acid groups is 3. The SMILES string of the molecule is CCCCCCCCCCCCCCCC(=O)O[C@H](COC(=O)CCCCCCCCCCCCCN)COP(=O)(O)OC1C(O)[C@@H](OP(=O)(O)O)C(O)[C@@H](OP(=O)(O)O)[C@H]1O. The van der Waals surface area contributed by atoms with E-state index in [-0.39, 0.29) is 12.8 Å². The lowest BCUT2D eigenvalue weighted by atomic mass is 9.85. The van der Waals surface area contributed by atoms with Crippen LogP contribution in [0.15, 0.2) is 0 Å². The second-order valence-corrected chi connectivity index (χ2v) is 19.9. The first-order chi connectivity index (χ1) is 29.3. The minimum Gasteiger partial charge on any atom is -0.462 e. The van der Waals surface area contributed by atoms with Crippen molar-refractivity contribution in [2.24, 2.45) is 5.73 Å². The minimum atomic E-state index is -5.55. The number of hydrogen-bond acceptors (Lipinski definition) is 15. The van der Waals surface area contributed by atoms with Crippen molar-refractivity contribution in [1.82, 2.24) is 0 Å². The zero-order chi connectivity index (χ0) is 46.4. The molecule has 1 fully saturated rings. The predicted octanol–water partition coefficient (Wildman–Crippen LogP) is 6.12. The van der Waals surface area contributed by atoms with E-state index in [4.69, 9.17) is 24.3 Å². The predicted molar refractivity (Wildman–Crippen MR) is 228 cm³/mol. The Labute approximate surface area is 367 Å². The summed E-state index contributed by atoms with van der Waals surface area (Å²) in [5.74, 6) is -1.31. The van der Waals surface area contributed by atoms with Crippen molar-refractivity contribution >= 4 is 35.4 Å². The molecule has 0 amide bonds. The third-order valence-electron chi connectivity index (χ3n) is 10.5. The Morgan fingerprint density at radius 2 is 0.839 bits per heavy atom. The van der Waals surface area contributed by atoms with Gasteiger partial charge in [-0.3, -0.25) is 27.7 Å². The van der Waals surface area contributed by atoms with Gasteiger partial charge in [-0.25, -0.2) is 13.7 Å². The summed E-state index contributed by atoms with van der Waals surface area (Å²) in [7, 11) is -16.6. The highest BCUT2D eigenvalue weighted by Gasteiger charge is 2.56. The number of rotatable bonds is 39. The van der Waals surface area contributed by atoms with E-state index in [0.29, 0.717) is 12.8 Å². The van der Waals surface area contributed by atoms with E-state index >= 15 is 0 Å². The number of aliphatic hydroxyl groups is 3. The molecule has 1 saturated carbocycles. The lowest BCUT2D eigenvalue weighted by Gasteiger charge is -2.44. The van der Waals surface area contributed by atoms with Gasteiger partial charge in [-0.2, -0.15) is 0 Å². The molecule has 1 rings (SSSR count). The fourth-order valence-electron chi connectivity index (χ4n) is 7.13. The third-order valence-corrected chi connectivity index (χ3v) is 12.5. The van der Waals surface area contributed by atoms with Crippen LogP contribution in [0.1, 0.15) is 174 Å². The first kappa shape index (κ1) is 59.1. The largest absolute Gasteiger partial charge is 0.472 e. The molecule has 0 heterocycles. The molecular weight excluding hydrogens is 879 g/mol. The van der Waals surface area contributed by atoms with Crippen molar-refractivity contribution < 1.29 is 90.6 Å². The molecular formula is C39H78NO19P3. The molecule has 368 valence electrons. The van der Waals surface area contributed by atoms with Crippen LogP contribution < -0.4 is 5.73 Å². The molecule has 0 radical (unpaired) electrons. The van der Waals surface area contributed by atoms with Crippen molar-refractivity contribution in [3.63, 3.8) is 0 Å². The molecule has 20 nitrogen and oxygen atoms in total. The Balaban J connectivity index is 2.78. The number of hydrogen-bond donors (Lipinski definition) is 9. The summed E-state index contributed by atoms with van der Waals surface area (Å²) in [6, 6.07) is 0. The lowest BCUT2D eigenvalue weighted by molar-refractivity contribution is -0.213. The average molecular weight is 958 g/mol. The molecule has 4 unspecified atom stereocenters. The molecule has 0 saturated heterocycles. The fraction of sp³-hybridized carbons (Fsp3) is 0.949. The van der Waals surface area contributed by atoms with E-state index < -0.39 is 91.3 Å². The molecule has 8 atom stereocenters. The lowest BCUT2D eigenvalue weighted by Crippen LogP contribution is -2.65. The van der Waals surface area contributed by atoms with Crippen LogP contribution in [-0.4, -0.2) is 114 Å². The van der Waals surface area contributed by atoms with E-state index in [1.54, 1.807) is 0 Å². The number of ether oxygens (including phenoxy) is 2. The van der Waals surface area contributed by atoms with Crippen LogP contribution in [0.5, 0.6) is 0 Å². The standard InChI is InChI=1S/C39H78NO19P3/c1-2-3-4-5-6-7-8-9-11-15-18-21-24-27-33(42)56-31(29-54-32(41)26-23-20-17-14-12-10-13-16-19-22-25-28-40)30-55-62(52,53)59-39-35(44)37(57-60(46,47)48)34(43)38(36(39)45)58-61(49,50)51/h31,34-39,43-45H,2-30,40H2,1H3,(H,52,53)(H2,46,47,48)(H2,49,50,51)/t31-,34?,35-,36?,37-,38+,39?/m1/s1. The highest BCUT2D eigenvalue weighted by atomic mass is 31.2. The van der Waals surface area contributed by atoms with Gasteiger partial charge in [0.15, 0.2) is 6.10 Å². The van der Waals surface area contributed by atoms with Gasteiger partial charge in [0, 0.05) is 12.8 Å². The van der Waals surface area contributed by atoms with E-state index in [2.05, 4.69) is 16.0 Å². The van der Waals surface area contributed by atoms with Gasteiger partial charge in [0.1, 0.15) is 43.2 Å². The molecule has 23 heteroatoms. The summed E-state index contributed by atoms with van der Waals surface area (Å²) in [5.41, 5.74) is 5.53. The van der Waals surface area contributed by atoms with Gasteiger partial charge in [-0.15, -0.1) is 0 Å². The molecule has 0 aromatic heterocycles. The average Bonchev–Trinajstić information content (AvgIpc) is 3.19. The number of nitrogens with two attached hydrogens (primary N) is 1. The number of esters is 2. The van der Waals surface area contributed by atoms with Gasteiger partial charge in [0.2, 0.25) is 0 Å². The summed E-state index contributed by atoms with van der Waals surface area (Å²) >= 11 is 0. The van der Waals surface area contributed by atoms with Crippen LogP contribution in [0, 0.1) is 0 Å². The van der Waals surface area contributed by atoms with E-state index in [1.807, 2.05) is 0 Å². The molecule has 0 spiro atoms. The molecule has 10 N–H and O–H groups in total. The number of carbonyl (C=O) groups excluding carboxylic acids is 2. The van der Waals surface area contributed by atoms with Crippen molar-refractivity contribution in [3.8, 4) is 0 Å². The molecule has 62 heavy (non-hydrogen) atoms. The summed E-state index contributed by atoms with van der Waals surface area (Å²) < 4.78 is 65.4. The first-order valence-electron chi connectivity index (χ1n) is 22.5. The fourth-order valence-corrected chi connectivity index (χ4v) is 9.24. The quantitative estimate of drug-likeness (QED) is 0.0190. The van der Waals surface area contributed by atoms with E-state index in [0.717, 1.165) is 83.6 Å². The van der Waals surface area contributed by atoms with E-state index in [9.17, 15) is 63.1 Å². The van der Waals surface area contributed by atoms with Crippen LogP contribution in [0.3, 0.4) is 0 Å². The Kier molecular flexibility index (Phi) is 32.0. The molecule has 0 bridgehead atoms. The summed E-state index contributed by atoms with van der Waals surface area (Å²) in [4.78, 5) is 73.0. The molecule has 0 aromatic rings. The second-order valence-electron chi connectivity index (χ2n) is 16.1. The smallest absolute Gasteiger partial charge is 0.462 e. The normalized spacial score (nSPS) is 22.3. The van der Waals surface area contributed by atoms with Gasteiger partial charge >= 0.3 is 35.4 Å². The summed E-state index contributed by atoms with van der Waals surface area (Å²) in [6.45, 7) is 1.42. The molecule has 0 aliphatic heterocycles. The Morgan fingerprint density at radius 3 is 1.21 bits per heavy atom. The van der Waals surface area contributed by atoms with Crippen molar-refractivity contribution in [3.05, 3.63) is 0 Å². The number of aliphatic hydroxyl groups excluding tert-OH is 3. The van der Waals surface area contributed by atoms with Gasteiger partial charge in [0.05, 0.1) is 6.61 Å². The van der Waals surface area contributed by atoms with Gasteiger partial charge in [0.25, 0.3) is 0 Å². The monoisotopic (exact) mass is 957 g/mol. The number of carbonyl (C=O) groups is 2. The molecule has 1 aliphatic carbocycles. The van der Waals surface area contributed by atoms with Gasteiger partial charge in [-0.05, 0) is 25.8 Å². The number of unbranched alkanes of at least 4 members (excludes halogenated alkanes) is 22. The maximum atomic E-state index is 13.1. The van der Waals surface area contributed by atoms with Gasteiger partial charge in [-0.1, -0.05) is 142 Å². The van der Waals surface area contributed by atoms with Crippen LogP contribution in [-0.2, 0) is 50.9 Å². The van der Waals surface area contributed by atoms with Crippen LogP contribution >= 0.6 is 23.5 Å². The maximum absolute atomic E-state index is 13.1. The molecule has 0 aromatic carbocycles. The third kappa shape index (κ3) is 29.6. The van der Waals surface area contributed by atoms with Crippen LogP contribution in [0.4, 0.5) is 0 Å². The summed E-state index contributed by atoms with van der Waals surface area (Å²) in [5, 5.41) is 31.8. The van der Waals surface area contributed by atoms with Crippen molar-refractivity contribution in [2.45, 2.75) is 217 Å². The zero-order valence-electron chi connectivity index (χ0n) is 36.5. The minimum absolute atomic E-state index is 0.00548. The Hall–Kier alpha value is -0.890. The van der Waals surface area contributed by atoms with Gasteiger partial charge < -0.3 is 55.0 Å². The Bertz CT molecular complexity index is 1300. The van der Waals surface area contributed by atoms with E-state index in [1.165, 1.54) is 64.2 Å². The van der Waals surface area contributed by atoms with Crippen LogP contribution in [0.25, 0.3) is 0 Å². The summed E-state index contributed by atoms with van der Waals surface area (Å²) in [6.07, 6.45) is 9.35. The maximum Gasteiger partial charge on any atom is 0.472 e. The topological polar surface area (TPSA) is 329 Å². The second kappa shape index (κ2) is 33.6. The van der Waals surface area contributed by atoms with Crippen LogP contribution in [0.2, 0.25) is 0 Å². The first-order valence-corrected chi connectivity index (χ1v) is 27.1. The van der Waals surface area contributed by atoms with Crippen molar-refractivity contribution in [1.29, 1.82) is 0 Å². The Morgan fingerprint density at radius 1 is 0.500 bits per heavy atom. The number of phosphoric ester groups is 3. The highest BCUT2D eigenvalue weighted by molar-refractivity contribution is 7.47. The highest BCUT2D eigenvalue weighted by Crippen LogP contribution is 2.51. The van der Waals surface area contributed by atoms with Crippen molar-refractivity contribution in [2.75, 3.05) is 19.8 Å². The zero-order valence-corrected chi connectivity index (χ0v) is 39.2.